The molecule has 124 valence electrons. The lowest BCUT2D eigenvalue weighted by Crippen LogP contribution is -2.25. The molecule has 0 saturated heterocycles. The Kier molecular flexibility index (Phi) is 4.94. The van der Waals surface area contributed by atoms with Crippen LogP contribution in [0.4, 0.5) is 5.82 Å². The number of aromatic hydroxyl groups is 1. The number of aromatic nitrogens is 2. The fourth-order valence-electron chi connectivity index (χ4n) is 2.85. The van der Waals surface area contributed by atoms with Crippen molar-refractivity contribution in [2.24, 2.45) is 0 Å². The van der Waals surface area contributed by atoms with E-state index in [2.05, 4.69) is 29.8 Å². The van der Waals surface area contributed by atoms with Crippen LogP contribution in [0, 0.1) is 0 Å². The summed E-state index contributed by atoms with van der Waals surface area (Å²) in [6, 6.07) is 15.3. The molecule has 1 heterocycles. The number of rotatable bonds is 6. The summed E-state index contributed by atoms with van der Waals surface area (Å²) in [6.45, 7) is 6.20. The summed E-state index contributed by atoms with van der Waals surface area (Å²) in [6.07, 6.45) is 2.27. The van der Waals surface area contributed by atoms with Gasteiger partial charge in [0.15, 0.2) is 5.82 Å². The number of para-hydroxylation sites is 2. The molecule has 4 nitrogen and oxygen atoms in total. The summed E-state index contributed by atoms with van der Waals surface area (Å²) >= 11 is 0. The van der Waals surface area contributed by atoms with Crippen molar-refractivity contribution < 1.29 is 5.11 Å². The minimum absolute atomic E-state index is 0.204. The molecule has 0 unspecified atom stereocenters. The fourth-order valence-corrected chi connectivity index (χ4v) is 2.85. The largest absolute Gasteiger partial charge is 0.507 e. The minimum Gasteiger partial charge on any atom is -0.507 e. The van der Waals surface area contributed by atoms with Gasteiger partial charge in [-0.05, 0) is 37.6 Å². The maximum absolute atomic E-state index is 10.2. The molecule has 0 spiro atoms. The van der Waals surface area contributed by atoms with Gasteiger partial charge in [-0.1, -0.05) is 37.6 Å². The van der Waals surface area contributed by atoms with Gasteiger partial charge in [0, 0.05) is 18.5 Å². The molecule has 4 heteroatoms. The summed E-state index contributed by atoms with van der Waals surface area (Å²) in [7, 11) is 0. The molecular formula is C20H23N3O. The lowest BCUT2D eigenvalue weighted by Gasteiger charge is -2.23. The van der Waals surface area contributed by atoms with Crippen molar-refractivity contribution in [2.75, 3.05) is 18.0 Å². The lowest BCUT2D eigenvalue weighted by molar-refractivity contribution is 0.477. The van der Waals surface area contributed by atoms with Crippen LogP contribution in [0.25, 0.3) is 22.3 Å². The van der Waals surface area contributed by atoms with Crippen LogP contribution in [0.15, 0.2) is 48.5 Å². The zero-order valence-electron chi connectivity index (χ0n) is 14.2. The molecule has 0 radical (unpaired) electrons. The number of unbranched alkanes of at least 4 members (excludes halogenated alkanes) is 1. The number of nitrogens with zero attached hydrogens (tertiary/aromatic N) is 3. The Hall–Kier alpha value is -2.62. The number of phenols is 1. The third-order valence-electron chi connectivity index (χ3n) is 4.19. The molecule has 1 N–H and O–H groups in total. The third-order valence-corrected chi connectivity index (χ3v) is 4.19. The maximum atomic E-state index is 10.2. The molecule has 3 rings (SSSR count). The molecule has 0 aliphatic carbocycles. The number of hydrogen-bond acceptors (Lipinski definition) is 4. The molecule has 0 aliphatic heterocycles. The average Bonchev–Trinajstić information content (AvgIpc) is 2.62. The predicted octanol–water partition coefficient (Wildman–Crippen LogP) is 4.63. The Morgan fingerprint density at radius 3 is 2.46 bits per heavy atom. The molecule has 2 aromatic carbocycles. The van der Waals surface area contributed by atoms with E-state index < -0.39 is 0 Å². The van der Waals surface area contributed by atoms with Gasteiger partial charge >= 0.3 is 0 Å². The van der Waals surface area contributed by atoms with E-state index in [0.717, 1.165) is 42.7 Å². The number of fused-ring (bicyclic) bond motifs is 1. The third kappa shape index (κ3) is 3.18. The summed E-state index contributed by atoms with van der Waals surface area (Å²) in [4.78, 5) is 11.8. The molecule has 0 saturated carbocycles. The van der Waals surface area contributed by atoms with Crippen LogP contribution in [-0.4, -0.2) is 28.2 Å². The lowest BCUT2D eigenvalue weighted by atomic mass is 10.1. The fraction of sp³-hybridized carbons (Fsp3) is 0.300. The number of hydrogen-bond donors (Lipinski definition) is 1. The highest BCUT2D eigenvalue weighted by Crippen LogP contribution is 2.31. The van der Waals surface area contributed by atoms with Crippen LogP contribution in [0.1, 0.15) is 26.7 Å². The van der Waals surface area contributed by atoms with Crippen molar-refractivity contribution in [3.63, 3.8) is 0 Å². The predicted molar refractivity (Wildman–Crippen MR) is 99.4 cm³/mol. The maximum Gasteiger partial charge on any atom is 0.165 e. The molecular weight excluding hydrogens is 298 g/mol. The molecule has 1 aromatic heterocycles. The van der Waals surface area contributed by atoms with E-state index in [1.165, 1.54) is 0 Å². The topological polar surface area (TPSA) is 49.2 Å². The van der Waals surface area contributed by atoms with E-state index in [9.17, 15) is 5.11 Å². The van der Waals surface area contributed by atoms with Gasteiger partial charge in [-0.15, -0.1) is 0 Å². The Labute approximate surface area is 142 Å². The normalized spacial score (nSPS) is 10.9. The van der Waals surface area contributed by atoms with E-state index in [4.69, 9.17) is 4.98 Å². The van der Waals surface area contributed by atoms with E-state index in [-0.39, 0.29) is 5.75 Å². The van der Waals surface area contributed by atoms with Crippen LogP contribution in [0.3, 0.4) is 0 Å². The quantitative estimate of drug-likeness (QED) is 0.719. The van der Waals surface area contributed by atoms with Crippen LogP contribution in [-0.2, 0) is 0 Å². The standard InChI is InChI=1S/C20H23N3O/c1-3-5-14-23(4-2)20-15-10-6-8-12-17(15)21-19(22-20)16-11-7-9-13-18(16)24/h6-13,24H,3-5,14H2,1-2H3. The molecule has 0 aliphatic rings. The SMILES string of the molecule is CCCCN(CC)c1nc(-c2ccccc2O)nc2ccccc12. The molecule has 0 atom stereocenters. The molecule has 3 aromatic rings. The first-order chi connectivity index (χ1) is 11.7. The Morgan fingerprint density at radius 2 is 1.71 bits per heavy atom. The highest BCUT2D eigenvalue weighted by atomic mass is 16.3. The van der Waals surface area contributed by atoms with Crippen molar-refractivity contribution in [1.29, 1.82) is 0 Å². The zero-order valence-corrected chi connectivity index (χ0v) is 14.2. The van der Waals surface area contributed by atoms with E-state index in [1.54, 1.807) is 12.1 Å². The number of benzene rings is 2. The van der Waals surface area contributed by atoms with Crippen molar-refractivity contribution in [2.45, 2.75) is 26.7 Å². The van der Waals surface area contributed by atoms with Gasteiger partial charge in [0.25, 0.3) is 0 Å². The second kappa shape index (κ2) is 7.30. The van der Waals surface area contributed by atoms with Crippen LogP contribution in [0.5, 0.6) is 5.75 Å². The Balaban J connectivity index is 2.18. The highest BCUT2D eigenvalue weighted by Gasteiger charge is 2.15. The summed E-state index contributed by atoms with van der Waals surface area (Å²) < 4.78 is 0. The van der Waals surface area contributed by atoms with Gasteiger partial charge in [-0.25, -0.2) is 9.97 Å². The second-order valence-corrected chi connectivity index (χ2v) is 5.84. The molecule has 0 bridgehead atoms. The van der Waals surface area contributed by atoms with Crippen molar-refractivity contribution >= 4 is 16.7 Å². The van der Waals surface area contributed by atoms with Gasteiger partial charge < -0.3 is 10.0 Å². The highest BCUT2D eigenvalue weighted by molar-refractivity contribution is 5.91. The van der Waals surface area contributed by atoms with Crippen LogP contribution in [0.2, 0.25) is 0 Å². The minimum atomic E-state index is 0.204. The molecule has 0 amide bonds. The smallest absolute Gasteiger partial charge is 0.165 e. The van der Waals surface area contributed by atoms with Gasteiger partial charge in [0.05, 0.1) is 11.1 Å². The van der Waals surface area contributed by atoms with Crippen molar-refractivity contribution in [3.8, 4) is 17.1 Å². The van der Waals surface area contributed by atoms with Crippen molar-refractivity contribution in [1.82, 2.24) is 9.97 Å². The van der Waals surface area contributed by atoms with Gasteiger partial charge in [-0.3, -0.25) is 0 Å². The average molecular weight is 321 g/mol. The zero-order chi connectivity index (χ0) is 16.9. The van der Waals surface area contributed by atoms with Gasteiger partial charge in [-0.2, -0.15) is 0 Å². The second-order valence-electron chi connectivity index (χ2n) is 5.84. The Morgan fingerprint density at radius 1 is 0.958 bits per heavy atom. The van der Waals surface area contributed by atoms with Crippen molar-refractivity contribution in [3.05, 3.63) is 48.5 Å². The van der Waals surface area contributed by atoms with E-state index >= 15 is 0 Å². The van der Waals surface area contributed by atoms with E-state index in [1.807, 2.05) is 30.3 Å². The van der Waals surface area contributed by atoms with Crippen LogP contribution < -0.4 is 4.90 Å². The van der Waals surface area contributed by atoms with Crippen LogP contribution >= 0.6 is 0 Å². The first-order valence-corrected chi connectivity index (χ1v) is 8.54. The number of phenolic OH excluding ortho intramolecular Hbond substituents is 1. The number of anilines is 1. The Bertz CT molecular complexity index is 832. The summed E-state index contributed by atoms with van der Waals surface area (Å²) in [5.41, 5.74) is 1.56. The first-order valence-electron chi connectivity index (χ1n) is 8.54. The van der Waals surface area contributed by atoms with E-state index in [0.29, 0.717) is 11.4 Å². The van der Waals surface area contributed by atoms with Gasteiger partial charge in [0.1, 0.15) is 11.6 Å². The monoisotopic (exact) mass is 321 g/mol. The molecule has 0 fully saturated rings. The van der Waals surface area contributed by atoms with Gasteiger partial charge in [0.2, 0.25) is 0 Å². The summed E-state index contributed by atoms with van der Waals surface area (Å²) in [5, 5.41) is 11.2. The first kappa shape index (κ1) is 16.2. The molecule has 24 heavy (non-hydrogen) atoms. The summed E-state index contributed by atoms with van der Waals surface area (Å²) in [5.74, 6) is 1.71.